The lowest BCUT2D eigenvalue weighted by Crippen LogP contribution is -2.29. The van der Waals surface area contributed by atoms with Crippen LogP contribution in [0.4, 0.5) is 0 Å². The molecule has 0 heterocycles. The van der Waals surface area contributed by atoms with E-state index in [9.17, 15) is 4.79 Å². The highest BCUT2D eigenvalue weighted by molar-refractivity contribution is 9.10. The number of benzene rings is 2. The summed E-state index contributed by atoms with van der Waals surface area (Å²) in [5.41, 5.74) is 4.48. The second-order valence-corrected chi connectivity index (χ2v) is 5.77. The number of nitrogens with one attached hydrogen (secondary N) is 1. The third-order valence-electron chi connectivity index (χ3n) is 2.97. The Morgan fingerprint density at radius 3 is 2.71 bits per heavy atom. The molecule has 21 heavy (non-hydrogen) atoms. The monoisotopic (exact) mass is 368 g/mol. The van der Waals surface area contributed by atoms with Crippen molar-refractivity contribution < 1.29 is 9.53 Å². The van der Waals surface area contributed by atoms with Gasteiger partial charge in [0.1, 0.15) is 12.4 Å². The van der Waals surface area contributed by atoms with Crippen molar-refractivity contribution in [2.24, 2.45) is 5.84 Å². The zero-order chi connectivity index (χ0) is 15.4. The van der Waals surface area contributed by atoms with Crippen LogP contribution in [0.5, 0.6) is 5.75 Å². The molecule has 2 rings (SSSR count). The maximum atomic E-state index is 11.4. The summed E-state index contributed by atoms with van der Waals surface area (Å²) in [7, 11) is 0. The molecule has 0 aliphatic heterocycles. The average molecular weight is 370 g/mol. The van der Waals surface area contributed by atoms with E-state index in [2.05, 4.69) is 21.4 Å². The Morgan fingerprint density at radius 1 is 1.33 bits per heavy atom. The van der Waals surface area contributed by atoms with Gasteiger partial charge in [-0.25, -0.2) is 5.84 Å². The summed E-state index contributed by atoms with van der Waals surface area (Å²) >= 11 is 9.34. The molecule has 0 radical (unpaired) electrons. The van der Waals surface area contributed by atoms with E-state index in [1.807, 2.05) is 25.1 Å². The van der Waals surface area contributed by atoms with Gasteiger partial charge in [0.25, 0.3) is 5.91 Å². The van der Waals surface area contributed by atoms with Crippen molar-refractivity contribution in [2.75, 3.05) is 0 Å². The number of halogens is 2. The Balaban J connectivity index is 2.11. The SMILES string of the molecule is Cc1cc(Cl)ccc1OCc1ccc(C(=O)NN)cc1Br. The number of hydrogen-bond acceptors (Lipinski definition) is 3. The van der Waals surface area contributed by atoms with E-state index >= 15 is 0 Å². The Kier molecular flexibility index (Phi) is 5.22. The maximum Gasteiger partial charge on any atom is 0.265 e. The minimum absolute atomic E-state index is 0.336. The van der Waals surface area contributed by atoms with Gasteiger partial charge in [-0.15, -0.1) is 0 Å². The molecule has 2 aromatic rings. The largest absolute Gasteiger partial charge is 0.489 e. The Bertz CT molecular complexity index is 677. The first-order valence-electron chi connectivity index (χ1n) is 6.19. The molecule has 0 aliphatic rings. The molecule has 0 spiro atoms. The summed E-state index contributed by atoms with van der Waals surface area (Å²) in [6.45, 7) is 2.32. The molecule has 110 valence electrons. The van der Waals surface area contributed by atoms with E-state index in [1.54, 1.807) is 18.2 Å². The summed E-state index contributed by atoms with van der Waals surface area (Å²) in [6.07, 6.45) is 0. The molecule has 0 saturated heterocycles. The van der Waals surface area contributed by atoms with Gasteiger partial charge < -0.3 is 4.74 Å². The van der Waals surface area contributed by atoms with Crippen molar-refractivity contribution in [1.29, 1.82) is 0 Å². The van der Waals surface area contributed by atoms with Crippen molar-refractivity contribution in [3.8, 4) is 5.75 Å². The highest BCUT2D eigenvalue weighted by Crippen LogP contribution is 2.25. The van der Waals surface area contributed by atoms with Crippen LogP contribution >= 0.6 is 27.5 Å². The number of hydrazine groups is 1. The molecule has 0 saturated carbocycles. The molecule has 0 bridgehead atoms. The zero-order valence-electron chi connectivity index (χ0n) is 11.3. The Morgan fingerprint density at radius 2 is 2.10 bits per heavy atom. The van der Waals surface area contributed by atoms with Crippen LogP contribution in [0.2, 0.25) is 5.02 Å². The first-order chi connectivity index (χ1) is 10.0. The number of nitrogen functional groups attached to an aromatic ring is 1. The maximum absolute atomic E-state index is 11.4. The number of rotatable bonds is 4. The van der Waals surface area contributed by atoms with Gasteiger partial charge in [0.2, 0.25) is 0 Å². The summed E-state index contributed by atoms with van der Waals surface area (Å²) in [4.78, 5) is 11.4. The molecule has 0 fully saturated rings. The highest BCUT2D eigenvalue weighted by Gasteiger charge is 2.08. The van der Waals surface area contributed by atoms with Gasteiger partial charge in [-0.1, -0.05) is 33.6 Å². The predicted molar refractivity (Wildman–Crippen MR) is 86.3 cm³/mol. The Hall–Kier alpha value is -1.56. The summed E-state index contributed by atoms with van der Waals surface area (Å²) in [6, 6.07) is 10.7. The highest BCUT2D eigenvalue weighted by atomic mass is 79.9. The number of ether oxygens (including phenoxy) is 1. The topological polar surface area (TPSA) is 64.3 Å². The zero-order valence-corrected chi connectivity index (χ0v) is 13.7. The van der Waals surface area contributed by atoms with Crippen LogP contribution in [0.3, 0.4) is 0 Å². The third-order valence-corrected chi connectivity index (χ3v) is 3.94. The van der Waals surface area contributed by atoms with Crippen LogP contribution < -0.4 is 16.0 Å². The molecule has 4 nitrogen and oxygen atoms in total. The van der Waals surface area contributed by atoms with E-state index < -0.39 is 0 Å². The van der Waals surface area contributed by atoms with Crippen LogP contribution in [-0.4, -0.2) is 5.91 Å². The van der Waals surface area contributed by atoms with Crippen molar-refractivity contribution in [3.05, 3.63) is 62.6 Å². The molecular formula is C15H14BrClN2O2. The smallest absolute Gasteiger partial charge is 0.265 e. The minimum Gasteiger partial charge on any atom is -0.489 e. The number of aryl methyl sites for hydroxylation is 1. The number of carbonyl (C=O) groups excluding carboxylic acids is 1. The second-order valence-electron chi connectivity index (χ2n) is 4.48. The van der Waals surface area contributed by atoms with E-state index in [-0.39, 0.29) is 5.91 Å². The van der Waals surface area contributed by atoms with E-state index in [0.29, 0.717) is 17.2 Å². The third kappa shape index (κ3) is 3.97. The van der Waals surface area contributed by atoms with Crippen molar-refractivity contribution >= 4 is 33.4 Å². The fourth-order valence-corrected chi connectivity index (χ4v) is 2.54. The normalized spacial score (nSPS) is 10.3. The summed E-state index contributed by atoms with van der Waals surface area (Å²) < 4.78 is 6.56. The van der Waals surface area contributed by atoms with Gasteiger partial charge in [-0.3, -0.25) is 10.2 Å². The van der Waals surface area contributed by atoms with Crippen LogP contribution in [-0.2, 0) is 6.61 Å². The van der Waals surface area contributed by atoms with Crippen LogP contribution in [0, 0.1) is 6.92 Å². The molecule has 0 aromatic heterocycles. The first-order valence-corrected chi connectivity index (χ1v) is 7.36. The summed E-state index contributed by atoms with van der Waals surface area (Å²) in [5, 5.41) is 0.679. The fourth-order valence-electron chi connectivity index (χ4n) is 1.82. The summed E-state index contributed by atoms with van der Waals surface area (Å²) in [5.74, 6) is 5.54. The van der Waals surface area contributed by atoms with Crippen LogP contribution in [0.25, 0.3) is 0 Å². The number of nitrogens with two attached hydrogens (primary N) is 1. The lowest BCUT2D eigenvalue weighted by molar-refractivity contribution is 0.0953. The number of amides is 1. The van der Waals surface area contributed by atoms with Crippen molar-refractivity contribution in [3.63, 3.8) is 0 Å². The second kappa shape index (κ2) is 6.93. The minimum atomic E-state index is -0.336. The van der Waals surface area contributed by atoms with Crippen molar-refractivity contribution in [2.45, 2.75) is 13.5 Å². The molecule has 1 amide bonds. The molecule has 0 aliphatic carbocycles. The molecular weight excluding hydrogens is 356 g/mol. The lowest BCUT2D eigenvalue weighted by Gasteiger charge is -2.11. The number of carbonyl (C=O) groups is 1. The van der Waals surface area contributed by atoms with Gasteiger partial charge in [0, 0.05) is 20.6 Å². The van der Waals surface area contributed by atoms with Gasteiger partial charge >= 0.3 is 0 Å². The van der Waals surface area contributed by atoms with E-state index in [1.165, 1.54) is 0 Å². The molecule has 2 aromatic carbocycles. The lowest BCUT2D eigenvalue weighted by atomic mass is 10.1. The van der Waals surface area contributed by atoms with E-state index in [0.717, 1.165) is 21.3 Å². The first kappa shape index (κ1) is 15.8. The molecule has 0 atom stereocenters. The van der Waals surface area contributed by atoms with Crippen LogP contribution in [0.15, 0.2) is 40.9 Å². The fraction of sp³-hybridized carbons (Fsp3) is 0.133. The molecule has 6 heteroatoms. The van der Waals surface area contributed by atoms with Gasteiger partial charge in [0.15, 0.2) is 0 Å². The van der Waals surface area contributed by atoms with Gasteiger partial charge in [-0.2, -0.15) is 0 Å². The standard InChI is InChI=1S/C15H14BrClN2O2/c1-9-6-12(17)4-5-14(9)21-8-11-3-2-10(7-13(11)16)15(20)19-18/h2-7H,8,18H2,1H3,(H,19,20). The average Bonchev–Trinajstić information content (AvgIpc) is 2.46. The van der Waals surface area contributed by atoms with E-state index in [4.69, 9.17) is 22.2 Å². The Labute approximate surface area is 136 Å². The quantitative estimate of drug-likeness (QED) is 0.492. The van der Waals surface area contributed by atoms with Gasteiger partial charge in [-0.05, 0) is 42.8 Å². The van der Waals surface area contributed by atoms with Crippen molar-refractivity contribution in [1.82, 2.24) is 5.43 Å². The predicted octanol–water partition coefficient (Wildman–Crippen LogP) is 3.59. The molecule has 3 N–H and O–H groups in total. The molecule has 0 unspecified atom stereocenters. The van der Waals surface area contributed by atoms with Crippen LogP contribution in [0.1, 0.15) is 21.5 Å². The van der Waals surface area contributed by atoms with Gasteiger partial charge in [0.05, 0.1) is 0 Å². The number of hydrogen-bond donors (Lipinski definition) is 2.